The van der Waals surface area contributed by atoms with E-state index in [0.717, 1.165) is 77.4 Å². The Kier molecular flexibility index (Phi) is 6.99. The Labute approximate surface area is 216 Å². The lowest BCUT2D eigenvalue weighted by atomic mass is 9.79. The van der Waals surface area contributed by atoms with E-state index < -0.39 is 5.97 Å². The summed E-state index contributed by atoms with van der Waals surface area (Å²) in [5.74, 6) is 1.01. The minimum absolute atomic E-state index is 0.226. The van der Waals surface area contributed by atoms with Gasteiger partial charge in [0.05, 0.1) is 22.9 Å². The van der Waals surface area contributed by atoms with Gasteiger partial charge in [-0.15, -0.1) is 0 Å². The van der Waals surface area contributed by atoms with E-state index in [9.17, 15) is 9.90 Å². The number of rotatable bonds is 7. The Balaban J connectivity index is 1.46. The molecule has 1 aliphatic carbocycles. The molecule has 0 bridgehead atoms. The van der Waals surface area contributed by atoms with Crippen molar-refractivity contribution in [2.45, 2.75) is 52.4 Å². The highest BCUT2D eigenvalue weighted by atomic mass is 16.4. The molecule has 2 N–H and O–H groups in total. The molecule has 37 heavy (non-hydrogen) atoms. The monoisotopic (exact) mass is 496 g/mol. The Hall–Kier alpha value is -4.07. The van der Waals surface area contributed by atoms with Crippen molar-refractivity contribution >= 4 is 35.6 Å². The number of aliphatic carboxylic acids is 1. The fourth-order valence-electron chi connectivity index (χ4n) is 5.32. The number of anilines is 1. The molecule has 1 fully saturated rings. The Morgan fingerprint density at radius 2 is 2.00 bits per heavy atom. The number of hydrazone groups is 1. The summed E-state index contributed by atoms with van der Waals surface area (Å²) >= 11 is 0. The maximum absolute atomic E-state index is 11.4. The number of aromatic amines is 1. The van der Waals surface area contributed by atoms with E-state index in [0.29, 0.717) is 18.0 Å². The van der Waals surface area contributed by atoms with E-state index >= 15 is 0 Å². The summed E-state index contributed by atoms with van der Waals surface area (Å²) in [4.78, 5) is 21.2. The third kappa shape index (κ3) is 4.96. The predicted molar refractivity (Wildman–Crippen MR) is 148 cm³/mol. The zero-order valence-corrected chi connectivity index (χ0v) is 21.3. The minimum atomic E-state index is -0.678. The van der Waals surface area contributed by atoms with E-state index in [1.54, 1.807) is 0 Å². The van der Waals surface area contributed by atoms with Crippen molar-refractivity contribution in [1.29, 1.82) is 0 Å². The van der Waals surface area contributed by atoms with Crippen molar-refractivity contribution < 1.29 is 9.90 Å². The van der Waals surface area contributed by atoms with Crippen molar-refractivity contribution in [3.63, 3.8) is 0 Å². The number of fused-ring (bicyclic) bond motifs is 3. The highest BCUT2D eigenvalue weighted by molar-refractivity contribution is 6.08. The molecule has 2 aromatic rings. The van der Waals surface area contributed by atoms with Gasteiger partial charge in [0.2, 0.25) is 0 Å². The van der Waals surface area contributed by atoms with Crippen LogP contribution in [0.25, 0.3) is 5.70 Å². The van der Waals surface area contributed by atoms with Crippen LogP contribution in [-0.4, -0.2) is 39.4 Å². The molecule has 190 valence electrons. The van der Waals surface area contributed by atoms with Crippen LogP contribution in [0.5, 0.6) is 0 Å². The van der Waals surface area contributed by atoms with Gasteiger partial charge < -0.3 is 5.11 Å². The maximum Gasteiger partial charge on any atom is 0.306 e. The summed E-state index contributed by atoms with van der Waals surface area (Å²) in [6.07, 6.45) is 10.4. The van der Waals surface area contributed by atoms with Crippen molar-refractivity contribution in [3.05, 3.63) is 76.8 Å². The molecule has 0 radical (unpaired) electrons. The molecule has 0 spiro atoms. The average Bonchev–Trinajstić information content (AvgIpc) is 3.32. The maximum atomic E-state index is 11.4. The number of allylic oxidation sites excluding steroid dienone is 3. The number of H-pyrrole nitrogens is 1. The van der Waals surface area contributed by atoms with Gasteiger partial charge in [-0.25, -0.2) is 4.99 Å². The second-order valence-corrected chi connectivity index (χ2v) is 9.80. The molecular weight excluding hydrogens is 464 g/mol. The number of hydrogen-bond acceptors (Lipinski definition) is 6. The Morgan fingerprint density at radius 1 is 1.24 bits per heavy atom. The predicted octanol–water partition coefficient (Wildman–Crippen LogP) is 5.90. The number of benzene rings is 1. The first-order chi connectivity index (χ1) is 18.0. The molecule has 0 amide bonds. The summed E-state index contributed by atoms with van der Waals surface area (Å²) in [6, 6.07) is 9.91. The first kappa shape index (κ1) is 24.6. The lowest BCUT2D eigenvalue weighted by Crippen LogP contribution is -2.29. The molecule has 3 aliphatic rings. The summed E-state index contributed by atoms with van der Waals surface area (Å²) in [5, 5.41) is 23.5. The molecule has 1 aromatic heterocycles. The van der Waals surface area contributed by atoms with Crippen LogP contribution in [0.3, 0.4) is 0 Å². The van der Waals surface area contributed by atoms with Gasteiger partial charge in [0.1, 0.15) is 0 Å². The number of hydrogen-bond donors (Lipinski definition) is 2. The first-order valence-electron chi connectivity index (χ1n) is 12.8. The SMILES string of the molecule is C=C(N=C/C(=C\C)C1=C2N=C(CC3CCC(C(=O)O)CC3)c3c(n[nH]c3C)N2N=CC1)c1ccccc1. The van der Waals surface area contributed by atoms with Crippen molar-refractivity contribution in [2.75, 3.05) is 5.01 Å². The quantitative estimate of drug-likeness (QED) is 0.466. The van der Waals surface area contributed by atoms with Gasteiger partial charge in [-0.3, -0.25) is 14.9 Å². The highest BCUT2D eigenvalue weighted by Crippen LogP contribution is 2.39. The van der Waals surface area contributed by atoms with Crippen LogP contribution < -0.4 is 5.01 Å². The third-order valence-electron chi connectivity index (χ3n) is 7.43. The summed E-state index contributed by atoms with van der Waals surface area (Å²) in [6.45, 7) is 8.13. The van der Waals surface area contributed by atoms with Crippen LogP contribution in [0.4, 0.5) is 5.82 Å². The fourth-order valence-corrected chi connectivity index (χ4v) is 5.32. The van der Waals surface area contributed by atoms with Gasteiger partial charge in [0.25, 0.3) is 0 Å². The van der Waals surface area contributed by atoms with Gasteiger partial charge in [-0.1, -0.05) is 43.0 Å². The summed E-state index contributed by atoms with van der Waals surface area (Å²) < 4.78 is 0. The molecule has 8 heteroatoms. The lowest BCUT2D eigenvalue weighted by molar-refractivity contribution is -0.143. The molecule has 0 saturated heterocycles. The number of carboxylic acid groups (broad SMARTS) is 1. The second kappa shape index (κ2) is 10.5. The average molecular weight is 497 g/mol. The summed E-state index contributed by atoms with van der Waals surface area (Å²) in [5.41, 5.74) is 6.61. The molecule has 1 saturated carbocycles. The molecule has 5 rings (SSSR count). The number of nitrogens with zero attached hydrogens (tertiary/aromatic N) is 5. The van der Waals surface area contributed by atoms with Gasteiger partial charge in [0.15, 0.2) is 11.6 Å². The molecule has 1 aromatic carbocycles. The van der Waals surface area contributed by atoms with E-state index in [1.807, 2.05) is 67.7 Å². The molecule has 0 atom stereocenters. The van der Waals surface area contributed by atoms with Gasteiger partial charge in [-0.05, 0) is 63.0 Å². The highest BCUT2D eigenvalue weighted by Gasteiger charge is 2.34. The number of aromatic nitrogens is 2. The van der Waals surface area contributed by atoms with Crippen LogP contribution in [-0.2, 0) is 4.79 Å². The van der Waals surface area contributed by atoms with Crippen molar-refractivity contribution in [3.8, 4) is 0 Å². The molecular formula is C29H32N6O2. The smallest absolute Gasteiger partial charge is 0.306 e. The number of aliphatic imine (C=N–C) groups is 2. The second-order valence-electron chi connectivity index (χ2n) is 9.80. The molecule has 3 heterocycles. The first-order valence-corrected chi connectivity index (χ1v) is 12.8. The van der Waals surface area contributed by atoms with Crippen LogP contribution in [0.1, 0.15) is 62.3 Å². The number of aryl methyl sites for hydroxylation is 1. The normalized spacial score (nSPS) is 21.6. The summed E-state index contributed by atoms with van der Waals surface area (Å²) in [7, 11) is 0. The van der Waals surface area contributed by atoms with E-state index in [-0.39, 0.29) is 5.92 Å². The Morgan fingerprint density at radius 3 is 2.70 bits per heavy atom. The van der Waals surface area contributed by atoms with Gasteiger partial charge >= 0.3 is 5.97 Å². The number of carbonyl (C=O) groups is 1. The number of carboxylic acids is 1. The van der Waals surface area contributed by atoms with Crippen LogP contribution in [0.15, 0.2) is 75.0 Å². The lowest BCUT2D eigenvalue weighted by Gasteiger charge is -2.31. The zero-order valence-electron chi connectivity index (χ0n) is 21.3. The fraction of sp³-hybridized carbons (Fsp3) is 0.345. The van der Waals surface area contributed by atoms with Crippen molar-refractivity contribution in [1.82, 2.24) is 10.2 Å². The van der Waals surface area contributed by atoms with Gasteiger partial charge in [0, 0.05) is 30.1 Å². The van der Waals surface area contributed by atoms with Gasteiger partial charge in [-0.2, -0.15) is 15.2 Å². The zero-order chi connectivity index (χ0) is 25.9. The van der Waals surface area contributed by atoms with E-state index in [2.05, 4.69) is 26.9 Å². The standard InChI is InChI=1S/C29H32N6O2/c1-4-21(17-30-18(2)22-8-6-5-7-9-22)24-14-15-31-35-27(24)32-25(26-19(3)33-34-28(26)35)16-20-10-12-23(13-11-20)29(36)37/h4-9,15,17,20,23H,2,10-14,16H2,1,3H3,(H,33,34)(H,36,37)/b21-4+,30-17?. The Bertz CT molecular complexity index is 1350. The van der Waals surface area contributed by atoms with Crippen LogP contribution >= 0.6 is 0 Å². The van der Waals surface area contributed by atoms with E-state index in [1.165, 1.54) is 0 Å². The molecule has 2 aliphatic heterocycles. The van der Waals surface area contributed by atoms with Crippen LogP contribution in [0.2, 0.25) is 0 Å². The number of nitrogens with one attached hydrogen (secondary N) is 1. The third-order valence-corrected chi connectivity index (χ3v) is 7.43. The topological polar surface area (TPSA) is 106 Å². The molecule has 0 unspecified atom stereocenters. The van der Waals surface area contributed by atoms with Crippen molar-refractivity contribution in [2.24, 2.45) is 26.9 Å². The largest absolute Gasteiger partial charge is 0.481 e. The molecule has 8 nitrogen and oxygen atoms in total. The van der Waals surface area contributed by atoms with E-state index in [4.69, 9.17) is 4.99 Å². The minimum Gasteiger partial charge on any atom is -0.481 e. The van der Waals surface area contributed by atoms with Crippen LogP contribution in [0, 0.1) is 18.8 Å².